The summed E-state index contributed by atoms with van der Waals surface area (Å²) in [6.07, 6.45) is 6.00. The van der Waals surface area contributed by atoms with Crippen LogP contribution < -0.4 is 10.6 Å². The lowest BCUT2D eigenvalue weighted by Crippen LogP contribution is -2.22. The van der Waals surface area contributed by atoms with Gasteiger partial charge in [-0.2, -0.15) is 0 Å². The molecule has 8 nitrogen and oxygen atoms in total. The van der Waals surface area contributed by atoms with E-state index in [2.05, 4.69) is 25.6 Å². The number of nitrogens with zero attached hydrogens (tertiary/aromatic N) is 4. The molecule has 1 fully saturated rings. The van der Waals surface area contributed by atoms with Crippen molar-refractivity contribution in [3.05, 3.63) is 54.9 Å². The van der Waals surface area contributed by atoms with Crippen LogP contribution in [0.25, 0.3) is 5.82 Å². The molecule has 0 radical (unpaired) electrons. The summed E-state index contributed by atoms with van der Waals surface area (Å²) in [6.45, 7) is 3.00. The Hall–Kier alpha value is -3.26. The first-order valence-corrected chi connectivity index (χ1v) is 8.77. The standard InChI is InChI=1S/C19H20N6O2/c1-13-21-17(10-18(22-13)25-8-7-20-12-25)23-15-2-4-16(5-3-15)24-19(26)14-6-9-27-11-14/h2-5,7-8,10,12,14H,6,9,11H2,1H3,(H,24,26)(H,21,22,23)/t14-/m0/s1. The van der Waals surface area contributed by atoms with Crippen LogP contribution in [0.4, 0.5) is 17.2 Å². The Morgan fingerprint density at radius 2 is 2.04 bits per heavy atom. The molecule has 8 heteroatoms. The van der Waals surface area contributed by atoms with Gasteiger partial charge in [0.05, 0.1) is 12.5 Å². The van der Waals surface area contributed by atoms with Gasteiger partial charge in [0, 0.05) is 36.4 Å². The van der Waals surface area contributed by atoms with Crippen LogP contribution in [0.15, 0.2) is 49.1 Å². The van der Waals surface area contributed by atoms with Crippen LogP contribution in [-0.4, -0.2) is 38.6 Å². The number of aromatic nitrogens is 4. The number of imidazole rings is 1. The van der Waals surface area contributed by atoms with Crippen LogP contribution in [0.2, 0.25) is 0 Å². The zero-order valence-electron chi connectivity index (χ0n) is 14.9. The van der Waals surface area contributed by atoms with Crippen LogP contribution in [0.3, 0.4) is 0 Å². The average Bonchev–Trinajstić information content (AvgIpc) is 3.37. The summed E-state index contributed by atoms with van der Waals surface area (Å²) in [5.41, 5.74) is 1.63. The summed E-state index contributed by atoms with van der Waals surface area (Å²) in [5, 5.41) is 6.19. The van der Waals surface area contributed by atoms with E-state index < -0.39 is 0 Å². The molecule has 0 unspecified atom stereocenters. The second kappa shape index (κ2) is 7.55. The van der Waals surface area contributed by atoms with Crippen molar-refractivity contribution in [2.24, 2.45) is 5.92 Å². The van der Waals surface area contributed by atoms with Crippen molar-refractivity contribution in [1.82, 2.24) is 19.5 Å². The summed E-state index contributed by atoms with van der Waals surface area (Å²) >= 11 is 0. The lowest BCUT2D eigenvalue weighted by atomic mass is 10.1. The molecule has 3 aromatic rings. The van der Waals surface area contributed by atoms with Gasteiger partial charge in [-0.3, -0.25) is 9.36 Å². The van der Waals surface area contributed by atoms with Gasteiger partial charge in [0.2, 0.25) is 5.91 Å². The maximum Gasteiger partial charge on any atom is 0.229 e. The maximum atomic E-state index is 12.1. The second-order valence-corrected chi connectivity index (χ2v) is 6.38. The minimum atomic E-state index is -0.0617. The van der Waals surface area contributed by atoms with E-state index in [1.165, 1.54) is 0 Å². The topological polar surface area (TPSA) is 94.0 Å². The van der Waals surface area contributed by atoms with Crippen LogP contribution in [0.5, 0.6) is 0 Å². The molecule has 2 N–H and O–H groups in total. The van der Waals surface area contributed by atoms with Gasteiger partial charge in [-0.05, 0) is 37.6 Å². The number of ether oxygens (including phenoxy) is 1. The van der Waals surface area contributed by atoms with E-state index in [9.17, 15) is 4.79 Å². The summed E-state index contributed by atoms with van der Waals surface area (Å²) in [4.78, 5) is 25.0. The number of carbonyl (C=O) groups excluding carboxylic acids is 1. The van der Waals surface area contributed by atoms with Gasteiger partial charge >= 0.3 is 0 Å². The highest BCUT2D eigenvalue weighted by Crippen LogP contribution is 2.21. The zero-order chi connectivity index (χ0) is 18.6. The fourth-order valence-electron chi connectivity index (χ4n) is 2.91. The number of benzene rings is 1. The fraction of sp³-hybridized carbons (Fsp3) is 0.263. The number of nitrogens with one attached hydrogen (secondary N) is 2. The predicted molar refractivity (Wildman–Crippen MR) is 101 cm³/mol. The maximum absolute atomic E-state index is 12.1. The molecule has 1 aromatic carbocycles. The van der Waals surface area contributed by atoms with Crippen LogP contribution in [0.1, 0.15) is 12.2 Å². The average molecular weight is 364 g/mol. The number of rotatable bonds is 5. The number of amides is 1. The molecule has 0 spiro atoms. The number of anilines is 3. The smallest absolute Gasteiger partial charge is 0.229 e. The second-order valence-electron chi connectivity index (χ2n) is 6.38. The Morgan fingerprint density at radius 1 is 1.22 bits per heavy atom. The third-order valence-electron chi connectivity index (χ3n) is 4.32. The van der Waals surface area contributed by atoms with Crippen LogP contribution in [0, 0.1) is 12.8 Å². The first kappa shape index (κ1) is 17.2. The van der Waals surface area contributed by atoms with Gasteiger partial charge in [0.1, 0.15) is 23.8 Å². The van der Waals surface area contributed by atoms with Gasteiger partial charge in [0.15, 0.2) is 0 Å². The van der Waals surface area contributed by atoms with Crippen LogP contribution >= 0.6 is 0 Å². The van der Waals surface area contributed by atoms with Crippen molar-refractivity contribution in [2.45, 2.75) is 13.3 Å². The molecular weight excluding hydrogens is 344 g/mol. The third-order valence-corrected chi connectivity index (χ3v) is 4.32. The molecule has 1 aliphatic heterocycles. The van der Waals surface area contributed by atoms with E-state index >= 15 is 0 Å². The molecule has 1 amide bonds. The van der Waals surface area contributed by atoms with Crippen molar-refractivity contribution >= 4 is 23.1 Å². The Balaban J connectivity index is 1.44. The molecule has 1 saturated heterocycles. The van der Waals surface area contributed by atoms with Gasteiger partial charge in [0.25, 0.3) is 0 Å². The van der Waals surface area contributed by atoms with E-state index in [1.54, 1.807) is 12.5 Å². The van der Waals surface area contributed by atoms with Crippen molar-refractivity contribution in [2.75, 3.05) is 23.8 Å². The Labute approximate surface area is 156 Å². The first-order chi connectivity index (χ1) is 13.2. The lowest BCUT2D eigenvalue weighted by molar-refractivity contribution is -0.119. The number of aryl methyl sites for hydroxylation is 1. The van der Waals surface area contributed by atoms with Crippen LogP contribution in [-0.2, 0) is 9.53 Å². The molecule has 3 heterocycles. The molecule has 0 bridgehead atoms. The number of carbonyl (C=O) groups is 1. The molecule has 2 aromatic heterocycles. The van der Waals surface area contributed by atoms with Gasteiger partial charge in [-0.25, -0.2) is 15.0 Å². The molecule has 1 aliphatic rings. The van der Waals surface area contributed by atoms with Crippen molar-refractivity contribution in [3.63, 3.8) is 0 Å². The van der Waals surface area contributed by atoms with Crippen molar-refractivity contribution < 1.29 is 9.53 Å². The highest BCUT2D eigenvalue weighted by Gasteiger charge is 2.23. The minimum Gasteiger partial charge on any atom is -0.381 e. The Bertz CT molecular complexity index is 918. The molecule has 27 heavy (non-hydrogen) atoms. The lowest BCUT2D eigenvalue weighted by Gasteiger charge is -2.11. The van der Waals surface area contributed by atoms with E-state index in [0.29, 0.717) is 24.9 Å². The summed E-state index contributed by atoms with van der Waals surface area (Å²) in [7, 11) is 0. The zero-order valence-corrected chi connectivity index (χ0v) is 14.9. The predicted octanol–water partition coefficient (Wildman–Crippen LogP) is 2.69. The third kappa shape index (κ3) is 4.12. The number of hydrogen-bond donors (Lipinski definition) is 2. The highest BCUT2D eigenvalue weighted by molar-refractivity contribution is 5.93. The van der Waals surface area contributed by atoms with Gasteiger partial charge in [-0.15, -0.1) is 0 Å². The molecule has 138 valence electrons. The highest BCUT2D eigenvalue weighted by atomic mass is 16.5. The SMILES string of the molecule is Cc1nc(Nc2ccc(NC(=O)[C@H]3CCOC3)cc2)cc(-n2ccnc2)n1. The van der Waals surface area contributed by atoms with E-state index in [-0.39, 0.29) is 11.8 Å². The minimum absolute atomic E-state index is 0.00427. The quantitative estimate of drug-likeness (QED) is 0.723. The van der Waals surface area contributed by atoms with E-state index in [4.69, 9.17) is 4.74 Å². The van der Waals surface area contributed by atoms with Crippen molar-refractivity contribution in [1.29, 1.82) is 0 Å². The first-order valence-electron chi connectivity index (χ1n) is 8.77. The Morgan fingerprint density at radius 3 is 2.74 bits per heavy atom. The largest absolute Gasteiger partial charge is 0.381 e. The summed E-state index contributed by atoms with van der Waals surface area (Å²) in [6, 6.07) is 9.37. The molecule has 1 atom stereocenters. The molecular formula is C19H20N6O2. The molecule has 0 saturated carbocycles. The summed E-state index contributed by atoms with van der Waals surface area (Å²) in [5.74, 6) is 2.03. The molecule has 4 rings (SSSR count). The number of hydrogen-bond acceptors (Lipinski definition) is 6. The fourth-order valence-corrected chi connectivity index (χ4v) is 2.91. The normalized spacial score (nSPS) is 16.3. The molecule has 0 aliphatic carbocycles. The van der Waals surface area contributed by atoms with E-state index in [1.807, 2.05) is 48.0 Å². The van der Waals surface area contributed by atoms with Gasteiger partial charge < -0.3 is 15.4 Å². The van der Waals surface area contributed by atoms with Gasteiger partial charge in [-0.1, -0.05) is 0 Å². The van der Waals surface area contributed by atoms with E-state index in [0.717, 1.165) is 23.6 Å². The van der Waals surface area contributed by atoms with Crippen molar-refractivity contribution in [3.8, 4) is 5.82 Å². The summed E-state index contributed by atoms with van der Waals surface area (Å²) < 4.78 is 7.08. The Kier molecular flexibility index (Phi) is 4.80. The monoisotopic (exact) mass is 364 g/mol.